The third-order valence-corrected chi connectivity index (χ3v) is 3.78. The standard InChI is InChI=1S/C16H20N6O/c1-12(2)22-10-8-13-14(5-3-6-15(13)22)18-16(23)7-4-9-21-11-17-19-20-21/h3,5-6,8,10-12H,4,7,9H2,1-2H3,(H,18,23). The van der Waals surface area contributed by atoms with Gasteiger partial charge in [-0.05, 0) is 48.9 Å². The molecule has 0 atom stereocenters. The Hall–Kier alpha value is -2.70. The first-order chi connectivity index (χ1) is 11.1. The zero-order chi connectivity index (χ0) is 16.2. The second-order valence-electron chi connectivity index (χ2n) is 5.78. The van der Waals surface area contributed by atoms with Crippen LogP contribution in [0, 0.1) is 0 Å². The lowest BCUT2D eigenvalue weighted by Crippen LogP contribution is -2.13. The molecule has 0 aliphatic rings. The fourth-order valence-corrected chi connectivity index (χ4v) is 2.64. The Bertz CT molecular complexity index is 790. The Labute approximate surface area is 134 Å². The molecule has 0 aliphatic carbocycles. The van der Waals surface area contributed by atoms with Gasteiger partial charge in [0.1, 0.15) is 6.33 Å². The van der Waals surface area contributed by atoms with Crippen LogP contribution in [0.3, 0.4) is 0 Å². The largest absolute Gasteiger partial charge is 0.345 e. The molecule has 7 nitrogen and oxygen atoms in total. The molecule has 3 rings (SSSR count). The van der Waals surface area contributed by atoms with Gasteiger partial charge in [0.25, 0.3) is 0 Å². The summed E-state index contributed by atoms with van der Waals surface area (Å²) in [5.41, 5.74) is 1.99. The summed E-state index contributed by atoms with van der Waals surface area (Å²) >= 11 is 0. The van der Waals surface area contributed by atoms with E-state index in [4.69, 9.17) is 0 Å². The van der Waals surface area contributed by atoms with Crippen molar-refractivity contribution >= 4 is 22.5 Å². The highest BCUT2D eigenvalue weighted by atomic mass is 16.1. The topological polar surface area (TPSA) is 77.6 Å². The van der Waals surface area contributed by atoms with Crippen molar-refractivity contribution in [1.29, 1.82) is 0 Å². The van der Waals surface area contributed by atoms with Gasteiger partial charge in [-0.1, -0.05) is 6.07 Å². The molecule has 2 aromatic heterocycles. The molecule has 1 aromatic carbocycles. The van der Waals surface area contributed by atoms with Crippen molar-refractivity contribution in [2.24, 2.45) is 0 Å². The maximum atomic E-state index is 12.1. The van der Waals surface area contributed by atoms with E-state index >= 15 is 0 Å². The van der Waals surface area contributed by atoms with E-state index in [1.807, 2.05) is 18.2 Å². The van der Waals surface area contributed by atoms with Crippen molar-refractivity contribution in [1.82, 2.24) is 24.8 Å². The predicted octanol–water partition coefficient (Wildman–Crippen LogP) is 2.63. The van der Waals surface area contributed by atoms with Crippen LogP contribution in [0.1, 0.15) is 32.7 Å². The molecule has 7 heteroatoms. The third-order valence-electron chi connectivity index (χ3n) is 3.78. The summed E-state index contributed by atoms with van der Waals surface area (Å²) in [6.45, 7) is 4.92. The Morgan fingerprint density at radius 2 is 2.17 bits per heavy atom. The number of nitrogens with zero attached hydrogens (tertiary/aromatic N) is 5. The number of anilines is 1. The van der Waals surface area contributed by atoms with Crippen LogP contribution in [0.15, 0.2) is 36.8 Å². The van der Waals surface area contributed by atoms with Gasteiger partial charge in [0.15, 0.2) is 0 Å². The summed E-state index contributed by atoms with van der Waals surface area (Å²) in [6.07, 6.45) is 4.73. The molecule has 1 N–H and O–H groups in total. The molecule has 0 bridgehead atoms. The minimum absolute atomic E-state index is 0.00266. The zero-order valence-corrected chi connectivity index (χ0v) is 13.3. The highest BCUT2D eigenvalue weighted by Gasteiger charge is 2.10. The summed E-state index contributed by atoms with van der Waals surface area (Å²) in [5.74, 6) is 0.00266. The molecule has 0 unspecified atom stereocenters. The van der Waals surface area contributed by atoms with Crippen molar-refractivity contribution in [2.45, 2.75) is 39.3 Å². The van der Waals surface area contributed by atoms with Crippen LogP contribution in [0.2, 0.25) is 0 Å². The van der Waals surface area contributed by atoms with Gasteiger partial charge in [0.2, 0.25) is 5.91 Å². The molecule has 0 radical (unpaired) electrons. The van der Waals surface area contributed by atoms with Crippen molar-refractivity contribution in [2.75, 3.05) is 5.32 Å². The number of benzene rings is 1. The molecule has 1 amide bonds. The smallest absolute Gasteiger partial charge is 0.224 e. The highest BCUT2D eigenvalue weighted by Crippen LogP contribution is 2.26. The van der Waals surface area contributed by atoms with E-state index < -0.39 is 0 Å². The van der Waals surface area contributed by atoms with Crippen molar-refractivity contribution in [3.8, 4) is 0 Å². The quantitative estimate of drug-likeness (QED) is 0.759. The highest BCUT2D eigenvalue weighted by molar-refractivity contribution is 6.01. The number of tetrazole rings is 1. The number of nitrogens with one attached hydrogen (secondary N) is 1. The molecule has 0 saturated heterocycles. The molecular weight excluding hydrogens is 292 g/mol. The molecule has 0 spiro atoms. The molecule has 0 aliphatic heterocycles. The second kappa shape index (κ2) is 6.60. The van der Waals surface area contributed by atoms with Crippen LogP contribution in [0.5, 0.6) is 0 Å². The van der Waals surface area contributed by atoms with E-state index in [2.05, 4.69) is 51.5 Å². The Balaban J connectivity index is 1.65. The predicted molar refractivity (Wildman–Crippen MR) is 88.0 cm³/mol. The lowest BCUT2D eigenvalue weighted by atomic mass is 10.2. The monoisotopic (exact) mass is 312 g/mol. The normalized spacial score (nSPS) is 11.3. The third kappa shape index (κ3) is 3.39. The number of carbonyl (C=O) groups is 1. The minimum atomic E-state index is 0.00266. The summed E-state index contributed by atoms with van der Waals surface area (Å²) in [5, 5.41) is 15.0. The lowest BCUT2D eigenvalue weighted by Gasteiger charge is -2.11. The fourth-order valence-electron chi connectivity index (χ4n) is 2.64. The van der Waals surface area contributed by atoms with Crippen LogP contribution < -0.4 is 5.32 Å². The first-order valence-corrected chi connectivity index (χ1v) is 7.75. The number of fused-ring (bicyclic) bond motifs is 1. The van der Waals surface area contributed by atoms with Gasteiger partial charge in [-0.25, -0.2) is 4.68 Å². The minimum Gasteiger partial charge on any atom is -0.345 e. The summed E-state index contributed by atoms with van der Waals surface area (Å²) < 4.78 is 3.82. The van der Waals surface area contributed by atoms with E-state index in [-0.39, 0.29) is 5.91 Å². The summed E-state index contributed by atoms with van der Waals surface area (Å²) in [7, 11) is 0. The second-order valence-corrected chi connectivity index (χ2v) is 5.78. The molecular formula is C16H20N6O. The van der Waals surface area contributed by atoms with Gasteiger partial charge in [-0.15, -0.1) is 5.10 Å². The molecule has 0 saturated carbocycles. The Kier molecular flexibility index (Phi) is 4.36. The fraction of sp³-hybridized carbons (Fsp3) is 0.375. The number of aryl methyl sites for hydroxylation is 1. The lowest BCUT2D eigenvalue weighted by molar-refractivity contribution is -0.116. The van der Waals surface area contributed by atoms with Crippen LogP contribution in [-0.2, 0) is 11.3 Å². The Morgan fingerprint density at radius 3 is 2.91 bits per heavy atom. The van der Waals surface area contributed by atoms with Gasteiger partial charge in [0, 0.05) is 30.6 Å². The number of carbonyl (C=O) groups excluding carboxylic acids is 1. The van der Waals surface area contributed by atoms with Gasteiger partial charge in [-0.3, -0.25) is 4.79 Å². The maximum Gasteiger partial charge on any atom is 0.224 e. The van der Waals surface area contributed by atoms with Gasteiger partial charge in [0.05, 0.1) is 11.2 Å². The van der Waals surface area contributed by atoms with Gasteiger partial charge in [-0.2, -0.15) is 0 Å². The molecule has 3 aromatic rings. The molecule has 2 heterocycles. The average Bonchev–Trinajstić information content (AvgIpc) is 3.16. The van der Waals surface area contributed by atoms with E-state index in [0.717, 1.165) is 16.6 Å². The van der Waals surface area contributed by atoms with E-state index in [1.54, 1.807) is 11.0 Å². The van der Waals surface area contributed by atoms with Crippen molar-refractivity contribution < 1.29 is 4.79 Å². The van der Waals surface area contributed by atoms with E-state index in [0.29, 0.717) is 25.4 Å². The number of amides is 1. The first kappa shape index (κ1) is 15.2. The van der Waals surface area contributed by atoms with Gasteiger partial charge >= 0.3 is 0 Å². The van der Waals surface area contributed by atoms with Crippen LogP contribution in [-0.4, -0.2) is 30.7 Å². The summed E-state index contributed by atoms with van der Waals surface area (Å²) in [4.78, 5) is 12.1. The SMILES string of the molecule is CC(C)n1ccc2c(NC(=O)CCCn3cnnn3)cccc21. The van der Waals surface area contributed by atoms with Crippen molar-refractivity contribution in [3.05, 3.63) is 36.8 Å². The number of aromatic nitrogens is 5. The number of hydrogen-bond donors (Lipinski definition) is 1. The van der Waals surface area contributed by atoms with Crippen molar-refractivity contribution in [3.63, 3.8) is 0 Å². The maximum absolute atomic E-state index is 12.1. The van der Waals surface area contributed by atoms with E-state index in [9.17, 15) is 4.79 Å². The van der Waals surface area contributed by atoms with Gasteiger partial charge < -0.3 is 9.88 Å². The molecule has 23 heavy (non-hydrogen) atoms. The molecule has 120 valence electrons. The van der Waals surface area contributed by atoms with Crippen LogP contribution >= 0.6 is 0 Å². The van der Waals surface area contributed by atoms with Crippen LogP contribution in [0.4, 0.5) is 5.69 Å². The number of hydrogen-bond acceptors (Lipinski definition) is 4. The summed E-state index contributed by atoms with van der Waals surface area (Å²) in [6, 6.07) is 8.41. The average molecular weight is 312 g/mol. The van der Waals surface area contributed by atoms with Crippen LogP contribution in [0.25, 0.3) is 10.9 Å². The number of rotatable bonds is 6. The Morgan fingerprint density at radius 1 is 1.30 bits per heavy atom. The zero-order valence-electron chi connectivity index (χ0n) is 13.3. The van der Waals surface area contributed by atoms with E-state index in [1.165, 1.54) is 0 Å². The molecule has 0 fully saturated rings. The first-order valence-electron chi connectivity index (χ1n) is 7.75.